The molecule has 67 heavy (non-hydrogen) atoms. The molecule has 0 aromatic heterocycles. The van der Waals surface area contributed by atoms with Gasteiger partial charge in [0, 0.05) is 19.3 Å². The summed E-state index contributed by atoms with van der Waals surface area (Å²) in [6.07, 6.45) is 67.8. The molecule has 0 aliphatic carbocycles. The minimum Gasteiger partial charge on any atom is -0.462 e. The minimum atomic E-state index is -0.775. The molecular formula is C61H112O6. The molecule has 1 unspecified atom stereocenters. The van der Waals surface area contributed by atoms with E-state index in [0.29, 0.717) is 19.3 Å². The highest BCUT2D eigenvalue weighted by atomic mass is 16.6. The summed E-state index contributed by atoms with van der Waals surface area (Å²) in [4.78, 5) is 37.7. The zero-order valence-electron chi connectivity index (χ0n) is 44.9. The summed E-state index contributed by atoms with van der Waals surface area (Å²) in [6, 6.07) is 0. The van der Waals surface area contributed by atoms with Crippen LogP contribution in [-0.2, 0) is 28.6 Å². The van der Waals surface area contributed by atoms with Gasteiger partial charge in [0.05, 0.1) is 0 Å². The van der Waals surface area contributed by atoms with Crippen LogP contribution in [0, 0.1) is 0 Å². The van der Waals surface area contributed by atoms with Crippen LogP contribution in [0.25, 0.3) is 0 Å². The average Bonchev–Trinajstić information content (AvgIpc) is 3.33. The second kappa shape index (κ2) is 56.2. The van der Waals surface area contributed by atoms with Gasteiger partial charge in [0.25, 0.3) is 0 Å². The maximum absolute atomic E-state index is 12.7. The maximum atomic E-state index is 12.7. The van der Waals surface area contributed by atoms with Gasteiger partial charge in [0.1, 0.15) is 13.2 Å². The van der Waals surface area contributed by atoms with E-state index in [1.54, 1.807) is 0 Å². The predicted octanol–water partition coefficient (Wildman–Crippen LogP) is 19.7. The molecule has 0 aliphatic heterocycles. The lowest BCUT2D eigenvalue weighted by atomic mass is 10.0. The summed E-state index contributed by atoms with van der Waals surface area (Å²) in [7, 11) is 0. The van der Waals surface area contributed by atoms with Gasteiger partial charge in [-0.05, 0) is 51.4 Å². The van der Waals surface area contributed by atoms with E-state index in [1.807, 2.05) is 0 Å². The summed E-state index contributed by atoms with van der Waals surface area (Å²) < 4.78 is 16.7. The highest BCUT2D eigenvalue weighted by molar-refractivity contribution is 5.71. The first-order valence-electron chi connectivity index (χ1n) is 29.5. The molecule has 0 amide bonds. The normalized spacial score (nSPS) is 12.2. The molecule has 0 aromatic carbocycles. The van der Waals surface area contributed by atoms with Crippen molar-refractivity contribution in [2.24, 2.45) is 0 Å². The van der Waals surface area contributed by atoms with Crippen LogP contribution in [0.3, 0.4) is 0 Å². The fourth-order valence-electron chi connectivity index (χ4n) is 8.75. The van der Waals surface area contributed by atoms with Crippen LogP contribution < -0.4 is 0 Å². The standard InChI is InChI=1S/C61H112O6/c1-4-7-10-13-15-17-19-21-23-24-25-26-27-28-29-30-31-32-33-34-35-36-38-39-41-43-45-48-51-54-60(63)66-57-58(56-65-59(62)53-50-47-12-9-6-3)67-61(64)55-52-49-46-44-42-40-37-22-20-18-16-14-11-8-5-2/h8,11,16,18,22,37,58H,4-7,9-10,12-15,17,19-21,23-36,38-57H2,1-3H3/b11-8-,18-16-,37-22-. The SMILES string of the molecule is CC/C=C\C/C=C\C/C=C\CCCCCCCC(=O)OC(COC(=O)CCCCCCC)COC(=O)CCCCCCCCCCCCCCCCCCCCCCCCCCCCCCC. The van der Waals surface area contributed by atoms with Gasteiger partial charge in [-0.1, -0.05) is 282 Å². The highest BCUT2D eigenvalue weighted by Crippen LogP contribution is 2.17. The minimum absolute atomic E-state index is 0.0763. The molecule has 0 aromatic rings. The number of carbonyl (C=O) groups is 3. The molecule has 0 heterocycles. The van der Waals surface area contributed by atoms with E-state index in [2.05, 4.69) is 57.2 Å². The van der Waals surface area contributed by atoms with Crippen LogP contribution in [0.1, 0.15) is 316 Å². The third kappa shape index (κ3) is 54.4. The van der Waals surface area contributed by atoms with Crippen LogP contribution in [0.5, 0.6) is 0 Å². The lowest BCUT2D eigenvalue weighted by Crippen LogP contribution is -2.30. The molecule has 0 radical (unpaired) electrons. The molecule has 0 rings (SSSR count). The molecule has 6 nitrogen and oxygen atoms in total. The van der Waals surface area contributed by atoms with E-state index in [1.165, 1.54) is 173 Å². The molecule has 0 spiro atoms. The number of esters is 3. The molecule has 1 atom stereocenters. The van der Waals surface area contributed by atoms with E-state index in [4.69, 9.17) is 14.2 Å². The molecular weight excluding hydrogens is 829 g/mol. The fraction of sp³-hybridized carbons (Fsp3) is 0.852. The van der Waals surface area contributed by atoms with Crippen molar-refractivity contribution in [3.63, 3.8) is 0 Å². The quantitative estimate of drug-likeness (QED) is 0.0262. The Hall–Kier alpha value is -2.37. The Balaban J connectivity index is 3.94. The number of allylic oxidation sites excluding steroid dienone is 6. The first-order chi connectivity index (χ1) is 33.0. The number of ether oxygens (including phenoxy) is 3. The monoisotopic (exact) mass is 941 g/mol. The van der Waals surface area contributed by atoms with Gasteiger partial charge < -0.3 is 14.2 Å². The van der Waals surface area contributed by atoms with Crippen molar-refractivity contribution in [3.05, 3.63) is 36.5 Å². The van der Waals surface area contributed by atoms with Crippen molar-refractivity contribution < 1.29 is 28.6 Å². The second-order valence-corrected chi connectivity index (χ2v) is 19.9. The summed E-state index contributed by atoms with van der Waals surface area (Å²) in [5.74, 6) is -0.894. The Morgan fingerprint density at radius 3 is 0.910 bits per heavy atom. The molecule has 0 bridgehead atoms. The molecule has 0 fully saturated rings. The van der Waals surface area contributed by atoms with Crippen LogP contribution in [0.2, 0.25) is 0 Å². The van der Waals surface area contributed by atoms with E-state index in [0.717, 1.165) is 103 Å². The van der Waals surface area contributed by atoms with Gasteiger partial charge in [-0.25, -0.2) is 0 Å². The van der Waals surface area contributed by atoms with Crippen LogP contribution in [-0.4, -0.2) is 37.2 Å². The topological polar surface area (TPSA) is 78.9 Å². The molecule has 392 valence electrons. The fourth-order valence-corrected chi connectivity index (χ4v) is 8.75. The van der Waals surface area contributed by atoms with Crippen molar-refractivity contribution in [1.29, 1.82) is 0 Å². The number of hydrogen-bond donors (Lipinski definition) is 0. The number of carbonyl (C=O) groups excluding carboxylic acids is 3. The van der Waals surface area contributed by atoms with Crippen LogP contribution in [0.15, 0.2) is 36.5 Å². The third-order valence-corrected chi connectivity index (χ3v) is 13.2. The summed E-state index contributed by atoms with van der Waals surface area (Å²) >= 11 is 0. The Labute approximate surface area is 416 Å². The predicted molar refractivity (Wildman–Crippen MR) is 289 cm³/mol. The van der Waals surface area contributed by atoms with E-state index >= 15 is 0 Å². The van der Waals surface area contributed by atoms with E-state index in [9.17, 15) is 14.4 Å². The largest absolute Gasteiger partial charge is 0.462 e. The summed E-state index contributed by atoms with van der Waals surface area (Å²) in [6.45, 7) is 6.47. The Morgan fingerprint density at radius 2 is 0.582 bits per heavy atom. The number of hydrogen-bond acceptors (Lipinski definition) is 6. The maximum Gasteiger partial charge on any atom is 0.306 e. The lowest BCUT2D eigenvalue weighted by molar-refractivity contribution is -0.167. The van der Waals surface area contributed by atoms with Gasteiger partial charge in [0.15, 0.2) is 6.10 Å². The lowest BCUT2D eigenvalue weighted by Gasteiger charge is -2.18. The molecule has 0 saturated heterocycles. The molecule has 0 aliphatic rings. The Bertz CT molecular complexity index is 1130. The van der Waals surface area contributed by atoms with Crippen molar-refractivity contribution >= 4 is 17.9 Å². The van der Waals surface area contributed by atoms with Gasteiger partial charge in [0.2, 0.25) is 0 Å². The summed E-state index contributed by atoms with van der Waals surface area (Å²) in [5, 5.41) is 0. The van der Waals surface area contributed by atoms with Crippen molar-refractivity contribution in [2.45, 2.75) is 322 Å². The van der Waals surface area contributed by atoms with Crippen molar-refractivity contribution in [3.8, 4) is 0 Å². The zero-order valence-corrected chi connectivity index (χ0v) is 44.9. The van der Waals surface area contributed by atoms with Gasteiger partial charge in [-0.3, -0.25) is 14.4 Å². The number of unbranched alkanes of at least 4 members (excludes halogenated alkanes) is 37. The van der Waals surface area contributed by atoms with Crippen molar-refractivity contribution in [2.75, 3.05) is 13.2 Å². The van der Waals surface area contributed by atoms with Gasteiger partial charge in [-0.2, -0.15) is 0 Å². The van der Waals surface area contributed by atoms with Crippen molar-refractivity contribution in [1.82, 2.24) is 0 Å². The summed E-state index contributed by atoms with van der Waals surface area (Å²) in [5.41, 5.74) is 0. The molecule has 0 N–H and O–H groups in total. The smallest absolute Gasteiger partial charge is 0.306 e. The molecule has 6 heteroatoms. The van der Waals surface area contributed by atoms with E-state index < -0.39 is 6.10 Å². The number of rotatable bonds is 54. The van der Waals surface area contributed by atoms with Crippen LogP contribution >= 0.6 is 0 Å². The average molecular weight is 942 g/mol. The van der Waals surface area contributed by atoms with Gasteiger partial charge in [-0.15, -0.1) is 0 Å². The zero-order chi connectivity index (χ0) is 48.6. The van der Waals surface area contributed by atoms with Crippen LogP contribution in [0.4, 0.5) is 0 Å². The Kier molecular flexibility index (Phi) is 54.2. The third-order valence-electron chi connectivity index (χ3n) is 13.2. The molecule has 0 saturated carbocycles. The van der Waals surface area contributed by atoms with E-state index in [-0.39, 0.29) is 31.1 Å². The first kappa shape index (κ1) is 64.6. The first-order valence-corrected chi connectivity index (χ1v) is 29.5. The Morgan fingerprint density at radius 1 is 0.313 bits per heavy atom. The van der Waals surface area contributed by atoms with Gasteiger partial charge >= 0.3 is 17.9 Å². The second-order valence-electron chi connectivity index (χ2n) is 19.9. The highest BCUT2D eigenvalue weighted by Gasteiger charge is 2.19.